The fourth-order valence-corrected chi connectivity index (χ4v) is 3.26. The number of nitrogens with zero attached hydrogens (tertiary/aromatic N) is 2. The number of benzene rings is 2. The van der Waals surface area contributed by atoms with E-state index in [-0.39, 0.29) is 11.5 Å². The van der Waals surface area contributed by atoms with E-state index >= 15 is 0 Å². The molecule has 0 atom stereocenters. The first-order valence-electron chi connectivity index (χ1n) is 9.96. The molecule has 7 heteroatoms. The van der Waals surface area contributed by atoms with E-state index in [4.69, 9.17) is 0 Å². The number of amides is 2. The van der Waals surface area contributed by atoms with Crippen molar-refractivity contribution in [1.29, 1.82) is 5.26 Å². The Balaban J connectivity index is 1.58. The Hall–Kier alpha value is -3.79. The fraction of sp³-hybridized carbons (Fsp3) is 0.261. The van der Waals surface area contributed by atoms with Crippen LogP contribution in [-0.4, -0.2) is 24.9 Å². The van der Waals surface area contributed by atoms with E-state index in [1.54, 1.807) is 24.3 Å². The number of rotatable bonds is 6. The third-order valence-electron chi connectivity index (χ3n) is 4.80. The summed E-state index contributed by atoms with van der Waals surface area (Å²) < 4.78 is 0. The van der Waals surface area contributed by atoms with Crippen molar-refractivity contribution in [1.82, 2.24) is 0 Å². The molecule has 154 valence electrons. The lowest BCUT2D eigenvalue weighted by Gasteiger charge is -2.28. The SMILES string of the molecule is CC(=O)Nc1ccc(NC(=O)/C(C#N)=C\Nc2ccc(N3CCCCC3)cc2)cc1. The summed E-state index contributed by atoms with van der Waals surface area (Å²) in [5, 5.41) is 17.7. The van der Waals surface area contributed by atoms with Crippen LogP contribution < -0.4 is 20.9 Å². The van der Waals surface area contributed by atoms with Gasteiger partial charge in [0, 0.05) is 49.0 Å². The number of hydrogen-bond acceptors (Lipinski definition) is 5. The van der Waals surface area contributed by atoms with Crippen LogP contribution in [0, 0.1) is 11.3 Å². The van der Waals surface area contributed by atoms with Gasteiger partial charge in [-0.2, -0.15) is 5.26 Å². The van der Waals surface area contributed by atoms with Crippen molar-refractivity contribution in [2.45, 2.75) is 26.2 Å². The van der Waals surface area contributed by atoms with E-state index in [1.165, 1.54) is 38.1 Å². The Bertz CT molecular complexity index is 953. The van der Waals surface area contributed by atoms with Crippen molar-refractivity contribution in [3.05, 3.63) is 60.3 Å². The highest BCUT2D eigenvalue weighted by Crippen LogP contribution is 2.22. The molecule has 0 aliphatic carbocycles. The topological polar surface area (TPSA) is 97.3 Å². The number of nitrogens with one attached hydrogen (secondary N) is 3. The summed E-state index contributed by atoms with van der Waals surface area (Å²) in [7, 11) is 0. The number of carbonyl (C=O) groups is 2. The van der Waals surface area contributed by atoms with Crippen molar-refractivity contribution in [2.24, 2.45) is 0 Å². The van der Waals surface area contributed by atoms with Gasteiger partial charge < -0.3 is 20.9 Å². The van der Waals surface area contributed by atoms with Gasteiger partial charge in [0.05, 0.1) is 0 Å². The highest BCUT2D eigenvalue weighted by Gasteiger charge is 2.11. The first-order chi connectivity index (χ1) is 14.5. The first kappa shape index (κ1) is 20.9. The third kappa shape index (κ3) is 5.85. The van der Waals surface area contributed by atoms with Gasteiger partial charge in [0.15, 0.2) is 0 Å². The average molecular weight is 403 g/mol. The van der Waals surface area contributed by atoms with Crippen molar-refractivity contribution < 1.29 is 9.59 Å². The molecule has 0 saturated carbocycles. The molecular formula is C23H25N5O2. The lowest BCUT2D eigenvalue weighted by Crippen LogP contribution is -2.29. The van der Waals surface area contributed by atoms with Gasteiger partial charge in [-0.15, -0.1) is 0 Å². The monoisotopic (exact) mass is 403 g/mol. The molecule has 3 rings (SSSR count). The van der Waals surface area contributed by atoms with E-state index in [2.05, 4.69) is 20.9 Å². The molecule has 30 heavy (non-hydrogen) atoms. The molecule has 0 aromatic heterocycles. The zero-order valence-electron chi connectivity index (χ0n) is 16.9. The maximum Gasteiger partial charge on any atom is 0.267 e. The van der Waals surface area contributed by atoms with Crippen LogP contribution in [0.15, 0.2) is 60.3 Å². The molecular weight excluding hydrogens is 378 g/mol. The molecule has 0 bridgehead atoms. The fourth-order valence-electron chi connectivity index (χ4n) is 3.26. The van der Waals surface area contributed by atoms with Crippen LogP contribution in [0.2, 0.25) is 0 Å². The second-order valence-corrected chi connectivity index (χ2v) is 7.12. The molecule has 1 aliphatic heterocycles. The molecule has 1 fully saturated rings. The predicted octanol–water partition coefficient (Wildman–Crippen LogP) is 4.09. The molecule has 1 heterocycles. The van der Waals surface area contributed by atoms with Crippen LogP contribution >= 0.6 is 0 Å². The molecule has 2 aromatic rings. The number of anilines is 4. The van der Waals surface area contributed by atoms with Crippen LogP contribution in [0.3, 0.4) is 0 Å². The van der Waals surface area contributed by atoms with Crippen LogP contribution in [0.5, 0.6) is 0 Å². The van der Waals surface area contributed by atoms with Gasteiger partial charge in [-0.25, -0.2) is 0 Å². The zero-order valence-corrected chi connectivity index (χ0v) is 16.9. The van der Waals surface area contributed by atoms with Gasteiger partial charge in [0.25, 0.3) is 5.91 Å². The molecule has 7 nitrogen and oxygen atoms in total. The largest absolute Gasteiger partial charge is 0.372 e. The van der Waals surface area contributed by atoms with Gasteiger partial charge >= 0.3 is 0 Å². The maximum atomic E-state index is 12.4. The van der Waals surface area contributed by atoms with Gasteiger partial charge in [-0.3, -0.25) is 9.59 Å². The molecule has 1 saturated heterocycles. The number of piperidine rings is 1. The first-order valence-corrected chi connectivity index (χ1v) is 9.96. The van der Waals surface area contributed by atoms with E-state index in [0.717, 1.165) is 18.8 Å². The Morgan fingerprint density at radius 1 is 0.900 bits per heavy atom. The van der Waals surface area contributed by atoms with Crippen molar-refractivity contribution in [2.75, 3.05) is 33.9 Å². The molecule has 3 N–H and O–H groups in total. The van der Waals surface area contributed by atoms with Gasteiger partial charge in [0.2, 0.25) is 5.91 Å². The van der Waals surface area contributed by atoms with Crippen LogP contribution in [0.25, 0.3) is 0 Å². The Morgan fingerprint density at radius 2 is 1.47 bits per heavy atom. The smallest absolute Gasteiger partial charge is 0.267 e. The summed E-state index contributed by atoms with van der Waals surface area (Å²) in [5.74, 6) is -0.682. The second kappa shape index (κ2) is 10.1. The van der Waals surface area contributed by atoms with E-state index in [1.807, 2.05) is 30.3 Å². The summed E-state index contributed by atoms with van der Waals surface area (Å²) in [6.07, 6.45) is 5.13. The van der Waals surface area contributed by atoms with Crippen molar-refractivity contribution in [3.63, 3.8) is 0 Å². The minimum absolute atomic E-state index is 0.0407. The minimum Gasteiger partial charge on any atom is -0.372 e. The van der Waals surface area contributed by atoms with Crippen LogP contribution in [-0.2, 0) is 9.59 Å². The standard InChI is InChI=1S/C23H25N5O2/c1-17(29)26-20-5-7-21(8-6-20)27-23(30)18(15-24)16-25-19-9-11-22(12-10-19)28-13-3-2-4-14-28/h5-12,16,25H,2-4,13-14H2,1H3,(H,26,29)(H,27,30)/b18-16-. The molecule has 2 amide bonds. The van der Waals surface area contributed by atoms with Gasteiger partial charge in [-0.05, 0) is 67.8 Å². The number of carbonyl (C=O) groups excluding carboxylic acids is 2. The summed E-state index contributed by atoms with van der Waals surface area (Å²) in [6.45, 7) is 3.59. The minimum atomic E-state index is -0.512. The summed E-state index contributed by atoms with van der Waals surface area (Å²) in [6, 6.07) is 16.5. The number of nitriles is 1. The van der Waals surface area contributed by atoms with Crippen LogP contribution in [0.1, 0.15) is 26.2 Å². The summed E-state index contributed by atoms with van der Waals surface area (Å²) >= 11 is 0. The van der Waals surface area contributed by atoms with Crippen molar-refractivity contribution in [3.8, 4) is 6.07 Å². The van der Waals surface area contributed by atoms with E-state index in [9.17, 15) is 14.9 Å². The molecule has 0 radical (unpaired) electrons. The highest BCUT2D eigenvalue weighted by molar-refractivity contribution is 6.06. The third-order valence-corrected chi connectivity index (χ3v) is 4.80. The Labute approximate surface area is 176 Å². The molecule has 0 spiro atoms. The van der Waals surface area contributed by atoms with Crippen molar-refractivity contribution >= 4 is 34.6 Å². The molecule has 1 aliphatic rings. The Kier molecular flexibility index (Phi) is 7.06. The highest BCUT2D eigenvalue weighted by atomic mass is 16.2. The normalized spacial score (nSPS) is 13.9. The molecule has 2 aromatic carbocycles. The lowest BCUT2D eigenvalue weighted by atomic mass is 10.1. The van der Waals surface area contributed by atoms with E-state index in [0.29, 0.717) is 11.4 Å². The second-order valence-electron chi connectivity index (χ2n) is 7.12. The summed E-state index contributed by atoms with van der Waals surface area (Å²) in [4.78, 5) is 25.8. The lowest BCUT2D eigenvalue weighted by molar-refractivity contribution is -0.114. The van der Waals surface area contributed by atoms with Gasteiger partial charge in [-0.1, -0.05) is 0 Å². The predicted molar refractivity (Wildman–Crippen MR) is 119 cm³/mol. The Morgan fingerprint density at radius 3 is 2.03 bits per heavy atom. The van der Waals surface area contributed by atoms with Gasteiger partial charge in [0.1, 0.15) is 11.6 Å². The maximum absolute atomic E-state index is 12.4. The van der Waals surface area contributed by atoms with E-state index < -0.39 is 5.91 Å². The number of hydrogen-bond donors (Lipinski definition) is 3. The molecule has 0 unspecified atom stereocenters. The van der Waals surface area contributed by atoms with Crippen LogP contribution in [0.4, 0.5) is 22.7 Å². The zero-order chi connectivity index (χ0) is 21.3. The summed E-state index contributed by atoms with van der Waals surface area (Å²) in [5.41, 5.74) is 3.11. The average Bonchev–Trinajstić information content (AvgIpc) is 2.76. The quantitative estimate of drug-likeness (QED) is 0.498.